The first-order valence-corrected chi connectivity index (χ1v) is 9.15. The Bertz CT molecular complexity index is 581. The van der Waals surface area contributed by atoms with Crippen molar-refractivity contribution in [2.24, 2.45) is 10.8 Å². The Hall–Kier alpha value is -1.26. The Kier molecular flexibility index (Phi) is 6.39. The molecule has 0 saturated heterocycles. The van der Waals surface area contributed by atoms with Crippen molar-refractivity contribution < 1.29 is 14.2 Å². The third-order valence-corrected chi connectivity index (χ3v) is 4.94. The second-order valence-electron chi connectivity index (χ2n) is 8.87. The fraction of sp³-hybridized carbons (Fsp3) is 0.714. The highest BCUT2D eigenvalue weighted by atomic mass is 16.5. The summed E-state index contributed by atoms with van der Waals surface area (Å²) >= 11 is 0. The van der Waals surface area contributed by atoms with E-state index in [0.29, 0.717) is 0 Å². The van der Waals surface area contributed by atoms with Crippen LogP contribution < -0.4 is 9.47 Å². The van der Waals surface area contributed by atoms with Crippen LogP contribution in [0, 0.1) is 10.8 Å². The molecule has 1 heterocycles. The SMILES string of the molecule is COCC(C)(C)CC(C)(C)CN1CCc2cc(OC)c(OC)cc2C1. The van der Waals surface area contributed by atoms with Crippen molar-refractivity contribution in [2.75, 3.05) is 41.0 Å². The van der Waals surface area contributed by atoms with Gasteiger partial charge in [-0.1, -0.05) is 27.7 Å². The van der Waals surface area contributed by atoms with Gasteiger partial charge in [0.1, 0.15) is 0 Å². The smallest absolute Gasteiger partial charge is 0.161 e. The second kappa shape index (κ2) is 7.96. The number of hydrogen-bond donors (Lipinski definition) is 0. The summed E-state index contributed by atoms with van der Waals surface area (Å²) in [7, 11) is 5.19. The Morgan fingerprint density at radius 2 is 1.52 bits per heavy atom. The molecule has 0 amide bonds. The van der Waals surface area contributed by atoms with E-state index in [1.165, 1.54) is 11.1 Å². The summed E-state index contributed by atoms with van der Waals surface area (Å²) in [5.74, 6) is 1.65. The lowest BCUT2D eigenvalue weighted by Crippen LogP contribution is -2.40. The molecule has 0 radical (unpaired) electrons. The molecule has 2 rings (SSSR count). The van der Waals surface area contributed by atoms with E-state index in [1.54, 1.807) is 21.3 Å². The maximum atomic E-state index is 5.47. The fourth-order valence-electron chi connectivity index (χ4n) is 4.48. The Morgan fingerprint density at radius 3 is 2.08 bits per heavy atom. The first kappa shape index (κ1) is 20.1. The van der Waals surface area contributed by atoms with Crippen LogP contribution in [-0.2, 0) is 17.7 Å². The normalized spacial score (nSPS) is 15.8. The molecule has 25 heavy (non-hydrogen) atoms. The number of methoxy groups -OCH3 is 3. The summed E-state index contributed by atoms with van der Waals surface area (Å²) in [6.45, 7) is 13.3. The van der Waals surface area contributed by atoms with E-state index in [0.717, 1.165) is 50.6 Å². The summed E-state index contributed by atoms with van der Waals surface area (Å²) in [6, 6.07) is 4.28. The molecule has 1 aromatic carbocycles. The topological polar surface area (TPSA) is 30.9 Å². The summed E-state index contributed by atoms with van der Waals surface area (Å²) in [5, 5.41) is 0. The van der Waals surface area contributed by atoms with Crippen LogP contribution in [0.25, 0.3) is 0 Å². The Labute approximate surface area is 153 Å². The van der Waals surface area contributed by atoms with E-state index >= 15 is 0 Å². The molecular weight excluding hydrogens is 314 g/mol. The summed E-state index contributed by atoms with van der Waals surface area (Å²) < 4.78 is 16.3. The van der Waals surface area contributed by atoms with Crippen molar-refractivity contribution in [2.45, 2.75) is 47.1 Å². The molecule has 0 aliphatic carbocycles. The van der Waals surface area contributed by atoms with Gasteiger partial charge in [0.25, 0.3) is 0 Å². The van der Waals surface area contributed by atoms with E-state index in [2.05, 4.69) is 44.7 Å². The molecule has 0 N–H and O–H groups in total. The molecule has 0 unspecified atom stereocenters. The molecule has 4 nitrogen and oxygen atoms in total. The van der Waals surface area contributed by atoms with Gasteiger partial charge in [0.05, 0.1) is 20.8 Å². The van der Waals surface area contributed by atoms with Crippen LogP contribution in [0.1, 0.15) is 45.2 Å². The minimum atomic E-state index is 0.197. The van der Waals surface area contributed by atoms with Crippen molar-refractivity contribution in [3.63, 3.8) is 0 Å². The molecule has 1 aliphatic heterocycles. The average Bonchev–Trinajstić information content (AvgIpc) is 2.51. The van der Waals surface area contributed by atoms with Gasteiger partial charge in [-0.2, -0.15) is 0 Å². The molecule has 142 valence electrons. The summed E-state index contributed by atoms with van der Waals surface area (Å²) in [4.78, 5) is 2.57. The van der Waals surface area contributed by atoms with Gasteiger partial charge in [-0.3, -0.25) is 4.90 Å². The van der Waals surface area contributed by atoms with Crippen LogP contribution in [0.2, 0.25) is 0 Å². The van der Waals surface area contributed by atoms with Gasteiger partial charge in [-0.05, 0) is 46.9 Å². The zero-order chi connectivity index (χ0) is 18.7. The third-order valence-electron chi connectivity index (χ3n) is 4.94. The number of ether oxygens (including phenoxy) is 3. The van der Waals surface area contributed by atoms with Gasteiger partial charge in [0.15, 0.2) is 11.5 Å². The van der Waals surface area contributed by atoms with Crippen LogP contribution in [0.3, 0.4) is 0 Å². The first-order chi connectivity index (χ1) is 11.7. The number of hydrogen-bond acceptors (Lipinski definition) is 4. The quantitative estimate of drug-likeness (QED) is 0.705. The molecule has 0 spiro atoms. The number of nitrogens with zero attached hydrogens (tertiary/aromatic N) is 1. The lowest BCUT2D eigenvalue weighted by molar-refractivity contribution is 0.0506. The van der Waals surface area contributed by atoms with Crippen molar-refractivity contribution in [1.29, 1.82) is 0 Å². The highest BCUT2D eigenvalue weighted by molar-refractivity contribution is 5.48. The van der Waals surface area contributed by atoms with E-state index in [9.17, 15) is 0 Å². The lowest BCUT2D eigenvalue weighted by Gasteiger charge is -2.40. The number of benzene rings is 1. The minimum Gasteiger partial charge on any atom is -0.493 e. The number of rotatable bonds is 8. The molecule has 1 aliphatic rings. The molecule has 0 saturated carbocycles. The van der Waals surface area contributed by atoms with E-state index in [1.807, 2.05) is 0 Å². The van der Waals surface area contributed by atoms with Gasteiger partial charge < -0.3 is 14.2 Å². The minimum absolute atomic E-state index is 0.197. The zero-order valence-electron chi connectivity index (χ0n) is 17.1. The number of fused-ring (bicyclic) bond motifs is 1. The Balaban J connectivity index is 2.07. The van der Waals surface area contributed by atoms with Crippen molar-refractivity contribution in [1.82, 2.24) is 4.90 Å². The molecular formula is C21H35NO3. The van der Waals surface area contributed by atoms with E-state index < -0.39 is 0 Å². The van der Waals surface area contributed by atoms with Crippen LogP contribution in [-0.4, -0.2) is 45.9 Å². The highest BCUT2D eigenvalue weighted by Gasteiger charge is 2.31. The fourth-order valence-corrected chi connectivity index (χ4v) is 4.48. The third kappa shape index (κ3) is 5.35. The molecule has 4 heteroatoms. The predicted octanol–water partition coefficient (Wildman–Crippen LogP) is 4.15. The van der Waals surface area contributed by atoms with Gasteiger partial charge >= 0.3 is 0 Å². The summed E-state index contributed by atoms with van der Waals surface area (Å²) in [5.41, 5.74) is 3.18. The molecule has 0 aromatic heterocycles. The second-order valence-corrected chi connectivity index (χ2v) is 8.87. The molecule has 0 fully saturated rings. The summed E-state index contributed by atoms with van der Waals surface area (Å²) in [6.07, 6.45) is 2.20. The maximum absolute atomic E-state index is 5.47. The van der Waals surface area contributed by atoms with Crippen LogP contribution in [0.5, 0.6) is 11.5 Å². The standard InChI is InChI=1S/C21H35NO3/c1-20(2,13-21(3,4)15-23-5)14-22-9-8-16-10-18(24-6)19(25-7)11-17(16)12-22/h10-11H,8-9,12-15H2,1-7H3. The monoisotopic (exact) mass is 349 g/mol. The van der Waals surface area contributed by atoms with Crippen molar-refractivity contribution in [3.05, 3.63) is 23.3 Å². The van der Waals surface area contributed by atoms with Gasteiger partial charge in [-0.25, -0.2) is 0 Å². The van der Waals surface area contributed by atoms with Crippen molar-refractivity contribution >= 4 is 0 Å². The molecule has 0 bridgehead atoms. The highest BCUT2D eigenvalue weighted by Crippen LogP contribution is 2.37. The lowest BCUT2D eigenvalue weighted by atomic mass is 9.75. The molecule has 1 aromatic rings. The first-order valence-electron chi connectivity index (χ1n) is 9.15. The molecule has 0 atom stereocenters. The van der Waals surface area contributed by atoms with Gasteiger partial charge in [0.2, 0.25) is 0 Å². The predicted molar refractivity (Wildman–Crippen MR) is 103 cm³/mol. The van der Waals surface area contributed by atoms with Crippen LogP contribution in [0.4, 0.5) is 0 Å². The van der Waals surface area contributed by atoms with Crippen molar-refractivity contribution in [3.8, 4) is 11.5 Å². The van der Waals surface area contributed by atoms with Crippen LogP contribution >= 0.6 is 0 Å². The van der Waals surface area contributed by atoms with Crippen LogP contribution in [0.15, 0.2) is 12.1 Å². The average molecular weight is 350 g/mol. The van der Waals surface area contributed by atoms with Gasteiger partial charge in [-0.15, -0.1) is 0 Å². The zero-order valence-corrected chi connectivity index (χ0v) is 17.1. The van der Waals surface area contributed by atoms with E-state index in [4.69, 9.17) is 14.2 Å². The largest absolute Gasteiger partial charge is 0.493 e. The Morgan fingerprint density at radius 1 is 0.920 bits per heavy atom. The maximum Gasteiger partial charge on any atom is 0.161 e. The van der Waals surface area contributed by atoms with Gasteiger partial charge in [0, 0.05) is 26.7 Å². The van der Waals surface area contributed by atoms with E-state index in [-0.39, 0.29) is 10.8 Å².